The lowest BCUT2D eigenvalue weighted by atomic mass is 9.33. The fourth-order valence-electron chi connectivity index (χ4n) is 14.2. The molecule has 13 heteroatoms. The standard InChI is InChI=1S/C42H66O13/c1-37(2)14-16-42(36(51)52)17-15-40(6)20(22(42)18-37)8-9-25-39(5)12-10-21(38(3,4)24(39)11-13-41(25,40)7)31-32(28(46)29(47)33(54-31)34(49)50)55-35-30(48)27(45)26(44)23(19-43)53-35/h8,21-33,35,43-48H,9-19H2,1-7H3,(H,49,50)(H,51,52)/t21-,22+,23-,24+,25-,26-,27+,28+,29+,30-,31+,32-,33+,35+,39+,40-,41-,42+/m1/s1. The second-order valence-corrected chi connectivity index (χ2v) is 20.8. The van der Waals surface area contributed by atoms with Crippen molar-refractivity contribution in [1.82, 2.24) is 0 Å². The number of allylic oxidation sites excluding steroid dienone is 2. The number of hydrogen-bond acceptors (Lipinski definition) is 11. The molecule has 18 atom stereocenters. The van der Waals surface area contributed by atoms with Crippen LogP contribution in [0.1, 0.15) is 113 Å². The van der Waals surface area contributed by atoms with E-state index in [4.69, 9.17) is 14.2 Å². The lowest BCUT2D eigenvalue weighted by molar-refractivity contribution is -0.347. The average Bonchev–Trinajstić information content (AvgIpc) is 3.10. The highest BCUT2D eigenvalue weighted by Gasteiger charge is 2.70. The van der Waals surface area contributed by atoms with E-state index in [0.717, 1.165) is 44.9 Å². The largest absolute Gasteiger partial charge is 0.481 e. The van der Waals surface area contributed by atoms with E-state index in [1.807, 2.05) is 0 Å². The molecular weight excluding hydrogens is 712 g/mol. The second-order valence-electron chi connectivity index (χ2n) is 20.8. The highest BCUT2D eigenvalue weighted by molar-refractivity contribution is 5.76. The molecule has 0 amide bonds. The summed E-state index contributed by atoms with van der Waals surface area (Å²) >= 11 is 0. The monoisotopic (exact) mass is 778 g/mol. The van der Waals surface area contributed by atoms with Gasteiger partial charge in [0.05, 0.1) is 18.1 Å². The van der Waals surface area contributed by atoms with Crippen LogP contribution in [0.15, 0.2) is 11.6 Å². The van der Waals surface area contributed by atoms with Gasteiger partial charge in [-0.25, -0.2) is 4.79 Å². The Morgan fingerprint density at radius 1 is 0.782 bits per heavy atom. The first kappa shape index (κ1) is 41.5. The van der Waals surface area contributed by atoms with E-state index >= 15 is 0 Å². The van der Waals surface area contributed by atoms with Crippen molar-refractivity contribution in [1.29, 1.82) is 0 Å². The minimum Gasteiger partial charge on any atom is -0.481 e. The average molecular weight is 779 g/mol. The van der Waals surface area contributed by atoms with Gasteiger partial charge in [-0.15, -0.1) is 0 Å². The van der Waals surface area contributed by atoms with Crippen LogP contribution in [0.5, 0.6) is 0 Å². The van der Waals surface area contributed by atoms with Crippen LogP contribution in [0, 0.1) is 56.2 Å². The molecule has 0 bridgehead atoms. The zero-order valence-corrected chi connectivity index (χ0v) is 33.6. The molecule has 55 heavy (non-hydrogen) atoms. The van der Waals surface area contributed by atoms with E-state index in [-0.39, 0.29) is 39.4 Å². The lowest BCUT2D eigenvalue weighted by Crippen LogP contribution is -2.69. The molecule has 4 saturated carbocycles. The Bertz CT molecular complexity index is 1540. The highest BCUT2D eigenvalue weighted by Crippen LogP contribution is 2.76. The van der Waals surface area contributed by atoms with Crippen molar-refractivity contribution in [3.63, 3.8) is 0 Å². The van der Waals surface area contributed by atoms with Gasteiger partial charge in [0.1, 0.15) is 42.7 Å². The second kappa shape index (κ2) is 13.7. The molecule has 6 fully saturated rings. The molecule has 0 spiro atoms. The summed E-state index contributed by atoms with van der Waals surface area (Å²) in [7, 11) is 0. The Balaban J connectivity index is 1.21. The van der Waals surface area contributed by atoms with Crippen molar-refractivity contribution in [3.05, 3.63) is 11.6 Å². The van der Waals surface area contributed by atoms with E-state index < -0.39 is 90.6 Å². The first-order chi connectivity index (χ1) is 25.5. The van der Waals surface area contributed by atoms with Crippen molar-refractivity contribution in [3.8, 4) is 0 Å². The summed E-state index contributed by atoms with van der Waals surface area (Å²) in [5, 5.41) is 84.8. The molecule has 7 rings (SSSR count). The SMILES string of the molecule is CC1(C)CC[C@]2(C(=O)O)CC[C@]3(C)C(=CC[C@@H]4[C@@]5(C)CC[C@H]([C@@H]6O[C@H](C(=O)O)[C@@H](O)[C@H](O)[C@H]6O[C@@H]6O[C@H](CO)[C@@H](O)[C@H](O)[C@H]6O)C(C)(C)[C@@H]5CC[C@]43C)[C@@H]2C1. The van der Waals surface area contributed by atoms with E-state index in [1.54, 1.807) is 0 Å². The number of fused-ring (bicyclic) bond motifs is 7. The number of carboxylic acids is 2. The van der Waals surface area contributed by atoms with Crippen LogP contribution in [-0.2, 0) is 23.8 Å². The summed E-state index contributed by atoms with van der Waals surface area (Å²) in [6, 6.07) is 0. The molecule has 0 radical (unpaired) electrons. The van der Waals surface area contributed by atoms with Gasteiger partial charge in [0, 0.05) is 0 Å². The number of rotatable bonds is 6. The summed E-state index contributed by atoms with van der Waals surface area (Å²) in [6.45, 7) is 15.5. The van der Waals surface area contributed by atoms with Gasteiger partial charge in [-0.3, -0.25) is 4.79 Å². The van der Waals surface area contributed by atoms with Gasteiger partial charge in [-0.05, 0) is 115 Å². The minimum atomic E-state index is -1.87. The van der Waals surface area contributed by atoms with Gasteiger partial charge in [0.15, 0.2) is 12.4 Å². The minimum absolute atomic E-state index is 0.0102. The molecule has 7 aliphatic rings. The van der Waals surface area contributed by atoms with E-state index in [9.17, 15) is 50.4 Å². The molecule has 8 N–H and O–H groups in total. The predicted octanol–water partition coefficient (Wildman–Crippen LogP) is 3.25. The van der Waals surface area contributed by atoms with Crippen LogP contribution in [0.3, 0.4) is 0 Å². The summed E-state index contributed by atoms with van der Waals surface area (Å²) in [5.41, 5.74) is -0.163. The summed E-state index contributed by atoms with van der Waals surface area (Å²) in [4.78, 5) is 25.5. The van der Waals surface area contributed by atoms with E-state index in [2.05, 4.69) is 54.5 Å². The third kappa shape index (κ3) is 5.94. The summed E-state index contributed by atoms with van der Waals surface area (Å²) in [5.74, 6) is -2.00. The fourth-order valence-corrected chi connectivity index (χ4v) is 14.2. The van der Waals surface area contributed by atoms with Crippen molar-refractivity contribution < 1.29 is 64.7 Å². The number of aliphatic hydroxyl groups is 6. The quantitative estimate of drug-likeness (QED) is 0.182. The number of ether oxygens (including phenoxy) is 3. The molecular formula is C42H66O13. The Kier molecular flexibility index (Phi) is 10.3. The van der Waals surface area contributed by atoms with Crippen molar-refractivity contribution in [2.75, 3.05) is 6.61 Å². The van der Waals surface area contributed by atoms with Gasteiger partial charge in [0.2, 0.25) is 0 Å². The highest BCUT2D eigenvalue weighted by atomic mass is 16.7. The Labute approximate surface area is 324 Å². The normalized spacial score (nSPS) is 53.1. The van der Waals surface area contributed by atoms with Crippen LogP contribution < -0.4 is 0 Å². The molecule has 5 aliphatic carbocycles. The van der Waals surface area contributed by atoms with Gasteiger partial charge in [0.25, 0.3) is 0 Å². The Hall–Kier alpha value is -1.68. The van der Waals surface area contributed by atoms with E-state index in [1.165, 1.54) is 5.57 Å². The topological polar surface area (TPSA) is 224 Å². The van der Waals surface area contributed by atoms with E-state index in [0.29, 0.717) is 25.2 Å². The Morgan fingerprint density at radius 2 is 1.45 bits per heavy atom. The van der Waals surface area contributed by atoms with Crippen molar-refractivity contribution >= 4 is 11.9 Å². The lowest BCUT2D eigenvalue weighted by Gasteiger charge is -2.71. The molecule has 13 nitrogen and oxygen atoms in total. The smallest absolute Gasteiger partial charge is 0.335 e. The van der Waals surface area contributed by atoms with Crippen LogP contribution in [0.2, 0.25) is 0 Å². The molecule has 0 aromatic carbocycles. The van der Waals surface area contributed by atoms with Crippen molar-refractivity contribution in [2.24, 2.45) is 56.2 Å². The maximum Gasteiger partial charge on any atom is 0.335 e. The molecule has 0 aromatic rings. The number of aliphatic hydroxyl groups excluding tert-OH is 6. The van der Waals surface area contributed by atoms with Crippen LogP contribution in [0.4, 0.5) is 0 Å². The number of carboxylic acid groups (broad SMARTS) is 2. The molecule has 2 aliphatic heterocycles. The van der Waals surface area contributed by atoms with Gasteiger partial charge < -0.3 is 55.1 Å². The molecule has 0 unspecified atom stereocenters. The summed E-state index contributed by atoms with van der Waals surface area (Å²) in [6.07, 6.45) is -5.36. The van der Waals surface area contributed by atoms with Crippen molar-refractivity contribution in [2.45, 2.75) is 174 Å². The van der Waals surface area contributed by atoms with Gasteiger partial charge in [-0.2, -0.15) is 0 Å². The molecule has 312 valence electrons. The maximum atomic E-state index is 13.1. The summed E-state index contributed by atoms with van der Waals surface area (Å²) < 4.78 is 18.0. The fraction of sp³-hybridized carbons (Fsp3) is 0.905. The number of aliphatic carboxylic acids is 2. The Morgan fingerprint density at radius 3 is 2.09 bits per heavy atom. The first-order valence-corrected chi connectivity index (χ1v) is 20.6. The maximum absolute atomic E-state index is 13.1. The first-order valence-electron chi connectivity index (χ1n) is 20.6. The van der Waals surface area contributed by atoms with Gasteiger partial charge in [-0.1, -0.05) is 60.1 Å². The molecule has 0 aromatic heterocycles. The predicted molar refractivity (Wildman–Crippen MR) is 197 cm³/mol. The van der Waals surface area contributed by atoms with Gasteiger partial charge >= 0.3 is 11.9 Å². The van der Waals surface area contributed by atoms with Crippen LogP contribution >= 0.6 is 0 Å². The number of carbonyl (C=O) groups is 2. The zero-order chi connectivity index (χ0) is 40.4. The third-order valence-corrected chi connectivity index (χ3v) is 17.6. The molecule has 2 heterocycles. The van der Waals surface area contributed by atoms with Crippen LogP contribution in [-0.4, -0.2) is 121 Å². The zero-order valence-electron chi connectivity index (χ0n) is 33.6. The van der Waals surface area contributed by atoms with Crippen LogP contribution in [0.25, 0.3) is 0 Å². The molecule has 2 saturated heterocycles. The number of hydrogen-bond donors (Lipinski definition) is 8. The third-order valence-electron chi connectivity index (χ3n) is 17.6.